The third-order valence-corrected chi connectivity index (χ3v) is 29.4. The first kappa shape index (κ1) is 86.2. The number of benzene rings is 12. The van der Waals surface area contributed by atoms with Crippen molar-refractivity contribution in [2.75, 3.05) is 26.4 Å². The fourth-order valence-electron chi connectivity index (χ4n) is 22.9. The van der Waals surface area contributed by atoms with E-state index in [1.807, 2.05) is 0 Å². The van der Waals surface area contributed by atoms with Gasteiger partial charge in [0, 0.05) is 65.3 Å². The maximum absolute atomic E-state index is 6.87. The predicted octanol–water partition coefficient (Wildman–Crippen LogP) is 37.6. The van der Waals surface area contributed by atoms with Gasteiger partial charge in [0.1, 0.15) is 23.0 Å². The summed E-state index contributed by atoms with van der Waals surface area (Å²) >= 11 is 0. The first-order valence-electron chi connectivity index (χ1n) is 51.0. The van der Waals surface area contributed by atoms with Gasteiger partial charge in [0.05, 0.1) is 70.6 Å². The van der Waals surface area contributed by atoms with E-state index in [1.165, 1.54) is 283 Å². The summed E-state index contributed by atoms with van der Waals surface area (Å²) in [7, 11) is 0. The summed E-state index contributed by atoms with van der Waals surface area (Å²) in [6.45, 7) is 11.9. The lowest BCUT2D eigenvalue weighted by Crippen LogP contribution is -1.97. The third-order valence-electron chi connectivity index (χ3n) is 29.4. The van der Waals surface area contributed by atoms with E-state index in [-0.39, 0.29) is 0 Å². The fourth-order valence-corrected chi connectivity index (χ4v) is 22.9. The van der Waals surface area contributed by atoms with Gasteiger partial charge < -0.3 is 38.9 Å². The highest BCUT2D eigenvalue weighted by molar-refractivity contribution is 6.47. The second-order valence-corrected chi connectivity index (χ2v) is 38.2. The molecule has 0 radical (unpaired) electrons. The van der Waals surface area contributed by atoms with Crippen molar-refractivity contribution >= 4 is 173 Å². The Hall–Kier alpha value is -12.5. The standard InChI is InChI=1S/C124H128N4O4/c1-5-9-13-17-21-25-29-33-77-129-89-69-61-85(62-70-89)105-117-109-93-53-37-45-81-47-39-55-95(101(81)93)111(109)119(125-117)106(86-63-71-90(72-64-86)130-78-34-30-26-22-18-14-10-6-2)121-113-97-57-41-49-83-51-43-59-99(103(83)97)115(113)123(127-121)108(88-67-75-92(76-68-88)132-80-36-32-28-24-20-16-12-8-4)124-116-100-60-44-52-84-50-42-58-98(104(84)100)114(116)122(128-124)107(87-65-73-91(74-66-87)131-79-35-31-27-23-19-15-11-7-3)120-112-96-56-40-48-82-46-38-54-94(102(82)96)110(112)118(105)126-120/h37-76,125-128H,5-36,77-80H2,1-4H3. The summed E-state index contributed by atoms with van der Waals surface area (Å²) in [5, 5.41) is 28.8. The minimum Gasteiger partial charge on any atom is -0.494 e. The normalized spacial score (nSPS) is 12.3. The van der Waals surface area contributed by atoms with Crippen LogP contribution in [0.1, 0.15) is 233 Å². The molecule has 8 bridgehead atoms. The fraction of sp³-hybridized carbons (Fsp3) is 0.323. The number of aromatic nitrogens is 4. The number of H-pyrrole nitrogens is 4. The number of unbranched alkanes of at least 4 members (excludes halogenated alkanes) is 28. The molecule has 0 aliphatic carbocycles. The van der Waals surface area contributed by atoms with Crippen LogP contribution in [-0.4, -0.2) is 46.4 Å². The molecule has 668 valence electrons. The number of rotatable bonds is 44. The Balaban J connectivity index is 0.916. The largest absolute Gasteiger partial charge is 0.494 e. The van der Waals surface area contributed by atoms with Crippen LogP contribution in [0.4, 0.5) is 0 Å². The van der Waals surface area contributed by atoms with E-state index in [0.29, 0.717) is 26.4 Å². The number of nitrogens with one attached hydrogen (secondary N) is 4. The summed E-state index contributed by atoms with van der Waals surface area (Å²) in [6.07, 6.45) is 39.6. The Kier molecular flexibility index (Phi) is 25.8. The van der Waals surface area contributed by atoms with Crippen molar-refractivity contribution in [1.29, 1.82) is 0 Å². The van der Waals surface area contributed by atoms with Crippen LogP contribution < -0.4 is 18.9 Å². The van der Waals surface area contributed by atoms with Crippen molar-refractivity contribution in [2.24, 2.45) is 0 Å². The molecule has 4 heterocycles. The molecule has 4 aromatic heterocycles. The lowest BCUT2D eigenvalue weighted by Gasteiger charge is -2.11. The van der Waals surface area contributed by atoms with Crippen molar-refractivity contribution in [2.45, 2.75) is 233 Å². The average Bonchev–Trinajstić information content (AvgIpc) is 1.51. The Bertz CT molecular complexity index is 6490. The van der Waals surface area contributed by atoms with Gasteiger partial charge in [-0.15, -0.1) is 0 Å². The lowest BCUT2D eigenvalue weighted by atomic mass is 9.99. The van der Waals surface area contributed by atoms with Crippen LogP contribution in [0.2, 0.25) is 0 Å². The van der Waals surface area contributed by atoms with Crippen LogP contribution in [0, 0.1) is 0 Å². The summed E-state index contributed by atoms with van der Waals surface area (Å²) in [6, 6.07) is 92.7. The molecule has 21 aromatic rings. The molecule has 0 fully saturated rings. The quantitative estimate of drug-likeness (QED) is 0.0286. The van der Waals surface area contributed by atoms with Crippen molar-refractivity contribution in [3.8, 4) is 67.5 Å². The highest BCUT2D eigenvalue weighted by atomic mass is 16.5. The number of hydrogen-bond donors (Lipinski definition) is 4. The summed E-state index contributed by atoms with van der Waals surface area (Å²) in [4.78, 5) is 18.7. The second kappa shape index (κ2) is 39.5. The predicted molar refractivity (Wildman–Crippen MR) is 569 cm³/mol. The van der Waals surface area contributed by atoms with Crippen LogP contribution in [0.15, 0.2) is 243 Å². The summed E-state index contributed by atoms with van der Waals surface area (Å²) in [5.74, 6) is 3.48. The van der Waals surface area contributed by atoms with Crippen LogP contribution in [0.5, 0.6) is 23.0 Å². The van der Waals surface area contributed by atoms with E-state index in [1.54, 1.807) is 0 Å². The van der Waals surface area contributed by atoms with E-state index >= 15 is 0 Å². The maximum atomic E-state index is 6.87. The first-order valence-corrected chi connectivity index (χ1v) is 51.0. The maximum Gasteiger partial charge on any atom is 0.119 e. The zero-order valence-corrected chi connectivity index (χ0v) is 78.2. The third kappa shape index (κ3) is 16.4. The molecule has 0 saturated heterocycles. The van der Waals surface area contributed by atoms with Gasteiger partial charge in [-0.25, -0.2) is 0 Å². The van der Waals surface area contributed by atoms with Crippen LogP contribution in [0.3, 0.4) is 0 Å². The minimum atomic E-state index is 0.666. The molecule has 0 saturated carbocycles. The number of aromatic amines is 4. The molecule has 0 amide bonds. The average molecular weight is 1740 g/mol. The van der Waals surface area contributed by atoms with Crippen molar-refractivity contribution < 1.29 is 18.9 Å². The monoisotopic (exact) mass is 1740 g/mol. The number of ether oxygens (including phenoxy) is 4. The molecule has 21 rings (SSSR count). The highest BCUT2D eigenvalue weighted by Gasteiger charge is 2.31. The van der Waals surface area contributed by atoms with Crippen LogP contribution in [0.25, 0.3) is 218 Å². The second-order valence-electron chi connectivity index (χ2n) is 38.2. The van der Waals surface area contributed by atoms with Crippen molar-refractivity contribution in [3.05, 3.63) is 243 Å². The van der Waals surface area contributed by atoms with Gasteiger partial charge in [-0.05, 0) is 183 Å². The van der Waals surface area contributed by atoms with E-state index in [0.717, 1.165) is 163 Å². The highest BCUT2D eigenvalue weighted by Crippen LogP contribution is 2.57. The van der Waals surface area contributed by atoms with Crippen molar-refractivity contribution in [1.82, 2.24) is 19.9 Å². The van der Waals surface area contributed by atoms with E-state index in [2.05, 4.69) is 290 Å². The Morgan fingerprint density at radius 2 is 0.311 bits per heavy atom. The molecule has 17 aromatic carbocycles. The van der Waals surface area contributed by atoms with Gasteiger partial charge in [-0.1, -0.05) is 402 Å². The van der Waals surface area contributed by atoms with Gasteiger partial charge in [0.2, 0.25) is 0 Å². The van der Waals surface area contributed by atoms with Crippen LogP contribution >= 0.6 is 0 Å². The zero-order valence-electron chi connectivity index (χ0n) is 78.2. The molecule has 4 N–H and O–H groups in total. The van der Waals surface area contributed by atoms with Crippen molar-refractivity contribution in [3.63, 3.8) is 0 Å². The molecule has 132 heavy (non-hydrogen) atoms. The molecule has 0 atom stereocenters. The molecule has 0 aliphatic heterocycles. The Labute approximate surface area is 776 Å². The lowest BCUT2D eigenvalue weighted by molar-refractivity contribution is 0.304. The summed E-state index contributed by atoms with van der Waals surface area (Å²) < 4.78 is 27.5. The van der Waals surface area contributed by atoms with E-state index < -0.39 is 0 Å². The molecular formula is C124H128N4O4. The minimum absolute atomic E-state index is 0.666. The van der Waals surface area contributed by atoms with Gasteiger partial charge in [-0.3, -0.25) is 0 Å². The van der Waals surface area contributed by atoms with Gasteiger partial charge in [0.15, 0.2) is 0 Å². The van der Waals surface area contributed by atoms with E-state index in [4.69, 9.17) is 18.9 Å². The first-order chi connectivity index (χ1) is 65.5. The SMILES string of the molecule is CCCCCCCCCCOc1ccc(-c2c3[nH]c(c(-c4ccc(OCCCCCCCCCC)cc4)c4[nH]c(c(-c5ccc(OCCCCCCCCCC)cc5)c5[nH]c(c(-c6ccc(OCCCCCCCCCC)cc6)c6[nH]c2c2c7cccc8cccc(c87)c62)c2c6cccc7cccc(c76)c52)c2c5cccc6cccc(c65)c42)c2c4cccc5cccc(c54)c32)cc1. The van der Waals surface area contributed by atoms with Gasteiger partial charge >= 0.3 is 0 Å². The molecule has 8 nitrogen and oxygen atoms in total. The van der Waals surface area contributed by atoms with E-state index in [9.17, 15) is 0 Å². The molecule has 0 spiro atoms. The molecule has 0 unspecified atom stereocenters. The Morgan fingerprint density at radius 3 is 0.470 bits per heavy atom. The smallest absolute Gasteiger partial charge is 0.119 e. The van der Waals surface area contributed by atoms with Gasteiger partial charge in [0.25, 0.3) is 0 Å². The topological polar surface area (TPSA) is 100 Å². The Morgan fingerprint density at radius 1 is 0.159 bits per heavy atom. The van der Waals surface area contributed by atoms with Crippen LogP contribution in [-0.2, 0) is 0 Å². The van der Waals surface area contributed by atoms with Gasteiger partial charge in [-0.2, -0.15) is 0 Å². The number of hydrogen-bond acceptors (Lipinski definition) is 4. The molecule has 0 aliphatic rings. The molecular weight excluding hydrogens is 1610 g/mol. The summed E-state index contributed by atoms with van der Waals surface area (Å²) in [5.41, 5.74) is 16.7. The molecule has 8 heteroatoms. The zero-order chi connectivity index (χ0) is 88.8.